The second kappa shape index (κ2) is 4.72. The molecule has 1 fully saturated rings. The topological polar surface area (TPSA) is 50.4 Å². The number of hydrogen-bond donors (Lipinski definition) is 2. The molecule has 2 rings (SSSR count). The second-order valence-corrected chi connectivity index (χ2v) is 4.12. The van der Waals surface area contributed by atoms with E-state index >= 15 is 0 Å². The van der Waals surface area contributed by atoms with Crippen molar-refractivity contribution in [2.24, 2.45) is 0 Å². The summed E-state index contributed by atoms with van der Waals surface area (Å²) in [7, 11) is 1.36. The van der Waals surface area contributed by atoms with Gasteiger partial charge in [0.15, 0.2) is 0 Å². The van der Waals surface area contributed by atoms with Gasteiger partial charge in [-0.15, -0.1) is 0 Å². The first-order chi connectivity index (χ1) is 7.70. The molecular weight excluding hydrogens is 228 g/mol. The zero-order valence-electron chi connectivity index (χ0n) is 8.92. The lowest BCUT2D eigenvalue weighted by molar-refractivity contribution is 0.0601. The average molecular weight is 241 g/mol. The van der Waals surface area contributed by atoms with Crippen LogP contribution in [0.1, 0.15) is 10.4 Å². The van der Waals surface area contributed by atoms with Crippen LogP contribution in [0, 0.1) is 0 Å². The SMILES string of the molecule is COC(=O)c1cc(Cl)ccc1NC1CNC1. The summed E-state index contributed by atoms with van der Waals surface area (Å²) in [5.41, 5.74) is 1.24. The average Bonchev–Trinajstić information content (AvgIpc) is 2.23. The van der Waals surface area contributed by atoms with E-state index in [0.29, 0.717) is 16.6 Å². The Morgan fingerprint density at radius 1 is 1.56 bits per heavy atom. The fourth-order valence-electron chi connectivity index (χ4n) is 1.53. The Hall–Kier alpha value is -1.26. The zero-order chi connectivity index (χ0) is 11.5. The number of benzene rings is 1. The first kappa shape index (κ1) is 11.2. The summed E-state index contributed by atoms with van der Waals surface area (Å²) >= 11 is 5.85. The van der Waals surface area contributed by atoms with E-state index in [1.165, 1.54) is 7.11 Å². The van der Waals surface area contributed by atoms with Gasteiger partial charge in [-0.25, -0.2) is 4.79 Å². The van der Waals surface area contributed by atoms with Crippen LogP contribution in [0.5, 0.6) is 0 Å². The number of carbonyl (C=O) groups excluding carboxylic acids is 1. The highest BCUT2D eigenvalue weighted by molar-refractivity contribution is 6.31. The van der Waals surface area contributed by atoms with Gasteiger partial charge in [0, 0.05) is 23.8 Å². The highest BCUT2D eigenvalue weighted by Gasteiger charge is 2.19. The minimum Gasteiger partial charge on any atom is -0.465 e. The smallest absolute Gasteiger partial charge is 0.340 e. The van der Waals surface area contributed by atoms with Crippen molar-refractivity contribution in [1.29, 1.82) is 0 Å². The molecule has 0 bridgehead atoms. The third-order valence-corrected chi connectivity index (χ3v) is 2.76. The molecule has 0 aliphatic carbocycles. The summed E-state index contributed by atoms with van der Waals surface area (Å²) in [6.45, 7) is 1.81. The van der Waals surface area contributed by atoms with Crippen molar-refractivity contribution in [2.75, 3.05) is 25.5 Å². The lowest BCUT2D eigenvalue weighted by atomic mass is 10.1. The lowest BCUT2D eigenvalue weighted by Crippen LogP contribution is -2.51. The van der Waals surface area contributed by atoms with Gasteiger partial charge in [0.05, 0.1) is 18.7 Å². The molecule has 0 radical (unpaired) electrons. The van der Waals surface area contributed by atoms with Crippen molar-refractivity contribution < 1.29 is 9.53 Å². The summed E-state index contributed by atoms with van der Waals surface area (Å²) in [6, 6.07) is 5.53. The monoisotopic (exact) mass is 240 g/mol. The third kappa shape index (κ3) is 2.28. The van der Waals surface area contributed by atoms with Gasteiger partial charge in [0.25, 0.3) is 0 Å². The van der Waals surface area contributed by atoms with E-state index in [1.54, 1.807) is 18.2 Å². The summed E-state index contributed by atoms with van der Waals surface area (Å²) in [5.74, 6) is -0.378. The molecule has 0 amide bonds. The number of halogens is 1. The van der Waals surface area contributed by atoms with Gasteiger partial charge >= 0.3 is 5.97 Å². The van der Waals surface area contributed by atoms with Crippen molar-refractivity contribution in [2.45, 2.75) is 6.04 Å². The first-order valence-corrected chi connectivity index (χ1v) is 5.43. The van der Waals surface area contributed by atoms with Gasteiger partial charge in [-0.05, 0) is 18.2 Å². The number of ether oxygens (including phenoxy) is 1. The second-order valence-electron chi connectivity index (χ2n) is 3.68. The van der Waals surface area contributed by atoms with Crippen LogP contribution < -0.4 is 10.6 Å². The largest absolute Gasteiger partial charge is 0.465 e. The molecule has 0 unspecified atom stereocenters. The Bertz CT molecular complexity index is 405. The van der Waals surface area contributed by atoms with Crippen molar-refractivity contribution >= 4 is 23.3 Å². The fraction of sp³-hybridized carbons (Fsp3) is 0.364. The standard InChI is InChI=1S/C11H13ClN2O2/c1-16-11(15)9-4-7(12)2-3-10(9)14-8-5-13-6-8/h2-4,8,13-14H,5-6H2,1H3. The van der Waals surface area contributed by atoms with Crippen molar-refractivity contribution in [3.05, 3.63) is 28.8 Å². The predicted octanol–water partition coefficient (Wildman–Crippen LogP) is 1.51. The molecule has 4 nitrogen and oxygen atoms in total. The van der Waals surface area contributed by atoms with Crippen molar-refractivity contribution in [3.63, 3.8) is 0 Å². The molecular formula is C11H13ClN2O2. The summed E-state index contributed by atoms with van der Waals surface area (Å²) in [5, 5.41) is 6.94. The number of esters is 1. The van der Waals surface area contributed by atoms with Crippen LogP contribution in [0.3, 0.4) is 0 Å². The van der Waals surface area contributed by atoms with E-state index < -0.39 is 0 Å². The Morgan fingerprint density at radius 2 is 2.31 bits per heavy atom. The Morgan fingerprint density at radius 3 is 2.88 bits per heavy atom. The molecule has 0 atom stereocenters. The first-order valence-electron chi connectivity index (χ1n) is 5.06. The van der Waals surface area contributed by atoms with Crippen LogP contribution in [0.4, 0.5) is 5.69 Å². The Kier molecular flexibility index (Phi) is 3.31. The van der Waals surface area contributed by atoms with Crippen LogP contribution in [-0.4, -0.2) is 32.2 Å². The third-order valence-electron chi connectivity index (χ3n) is 2.53. The quantitative estimate of drug-likeness (QED) is 0.787. The van der Waals surface area contributed by atoms with Gasteiger partial charge in [0.1, 0.15) is 0 Å². The van der Waals surface area contributed by atoms with E-state index in [-0.39, 0.29) is 5.97 Å². The van der Waals surface area contributed by atoms with Crippen molar-refractivity contribution in [3.8, 4) is 0 Å². The normalized spacial score (nSPS) is 15.4. The Labute approximate surface area is 98.9 Å². The molecule has 86 valence electrons. The van der Waals surface area contributed by atoms with Gasteiger partial charge in [0.2, 0.25) is 0 Å². The number of methoxy groups -OCH3 is 1. The summed E-state index contributed by atoms with van der Waals surface area (Å²) < 4.78 is 4.71. The molecule has 0 spiro atoms. The van der Waals surface area contributed by atoms with Gasteiger partial charge in [-0.1, -0.05) is 11.6 Å². The molecule has 2 N–H and O–H groups in total. The lowest BCUT2D eigenvalue weighted by Gasteiger charge is -2.29. The van der Waals surface area contributed by atoms with Crippen LogP contribution in [-0.2, 0) is 4.74 Å². The minimum atomic E-state index is -0.378. The molecule has 1 saturated heterocycles. The van der Waals surface area contributed by atoms with Crippen LogP contribution in [0.15, 0.2) is 18.2 Å². The molecule has 1 aromatic rings. The van der Waals surface area contributed by atoms with Gasteiger partial charge < -0.3 is 15.4 Å². The predicted molar refractivity (Wildman–Crippen MR) is 63.1 cm³/mol. The zero-order valence-corrected chi connectivity index (χ0v) is 9.67. The van der Waals surface area contributed by atoms with E-state index in [1.807, 2.05) is 0 Å². The number of nitrogens with one attached hydrogen (secondary N) is 2. The highest BCUT2D eigenvalue weighted by Crippen LogP contribution is 2.22. The summed E-state index contributed by atoms with van der Waals surface area (Å²) in [4.78, 5) is 11.5. The molecule has 1 aliphatic heterocycles. The molecule has 1 aliphatic rings. The van der Waals surface area contributed by atoms with Crippen molar-refractivity contribution in [1.82, 2.24) is 5.32 Å². The van der Waals surface area contributed by atoms with Gasteiger partial charge in [-0.2, -0.15) is 0 Å². The van der Waals surface area contributed by atoms with Crippen LogP contribution in [0.25, 0.3) is 0 Å². The maximum absolute atomic E-state index is 11.5. The van der Waals surface area contributed by atoms with E-state index in [0.717, 1.165) is 18.8 Å². The number of rotatable bonds is 3. The van der Waals surface area contributed by atoms with E-state index in [9.17, 15) is 4.79 Å². The maximum Gasteiger partial charge on any atom is 0.340 e. The Balaban J connectivity index is 2.23. The maximum atomic E-state index is 11.5. The van der Waals surface area contributed by atoms with Crippen LogP contribution >= 0.6 is 11.6 Å². The molecule has 0 saturated carbocycles. The van der Waals surface area contributed by atoms with E-state index in [4.69, 9.17) is 16.3 Å². The number of anilines is 1. The fourth-order valence-corrected chi connectivity index (χ4v) is 1.70. The van der Waals surface area contributed by atoms with Gasteiger partial charge in [-0.3, -0.25) is 0 Å². The minimum absolute atomic E-state index is 0.365. The highest BCUT2D eigenvalue weighted by atomic mass is 35.5. The van der Waals surface area contributed by atoms with E-state index in [2.05, 4.69) is 10.6 Å². The number of carbonyl (C=O) groups is 1. The number of hydrogen-bond acceptors (Lipinski definition) is 4. The summed E-state index contributed by atoms with van der Waals surface area (Å²) in [6.07, 6.45) is 0. The van der Waals surface area contributed by atoms with Crippen LogP contribution in [0.2, 0.25) is 5.02 Å². The molecule has 16 heavy (non-hydrogen) atoms. The molecule has 1 heterocycles. The molecule has 5 heteroatoms. The molecule has 0 aromatic heterocycles. The molecule has 1 aromatic carbocycles.